The van der Waals surface area contributed by atoms with Crippen LogP contribution in [0.3, 0.4) is 0 Å². The third kappa shape index (κ3) is 2.67. The van der Waals surface area contributed by atoms with Crippen LogP contribution in [0.4, 0.5) is 11.4 Å². The van der Waals surface area contributed by atoms with Gasteiger partial charge in [-0.3, -0.25) is 14.9 Å². The van der Waals surface area contributed by atoms with E-state index in [-0.39, 0.29) is 23.2 Å². The molecule has 0 aromatic heterocycles. The summed E-state index contributed by atoms with van der Waals surface area (Å²) in [4.78, 5) is 24.3. The van der Waals surface area contributed by atoms with Crippen LogP contribution >= 0.6 is 0 Å². The molecule has 1 atom stereocenters. The third-order valence-corrected chi connectivity index (χ3v) is 3.68. The topological polar surface area (TPSA) is 89.5 Å². The van der Waals surface area contributed by atoms with E-state index < -0.39 is 4.92 Å². The number of rotatable bonds is 4. The van der Waals surface area contributed by atoms with E-state index in [1.807, 2.05) is 6.92 Å². The van der Waals surface area contributed by atoms with Gasteiger partial charge in [0.25, 0.3) is 11.6 Å². The molecule has 0 aliphatic heterocycles. The summed E-state index contributed by atoms with van der Waals surface area (Å²) in [5.74, 6) is 0.160. The average Bonchev–Trinajstić information content (AvgIpc) is 3.19. The number of hydrogen-bond acceptors (Lipinski definition) is 4. The first kappa shape index (κ1) is 13.3. The summed E-state index contributed by atoms with van der Waals surface area (Å²) in [5.41, 5.74) is 5.82. The Balaban J connectivity index is 2.31. The summed E-state index contributed by atoms with van der Waals surface area (Å²) in [6, 6.07) is 4.17. The van der Waals surface area contributed by atoms with Gasteiger partial charge in [0.2, 0.25) is 0 Å². The Kier molecular flexibility index (Phi) is 3.42. The normalized spacial score (nSPS) is 15.9. The predicted molar refractivity (Wildman–Crippen MR) is 71.8 cm³/mol. The van der Waals surface area contributed by atoms with Gasteiger partial charge < -0.3 is 10.6 Å². The van der Waals surface area contributed by atoms with Crippen LogP contribution in [0.1, 0.15) is 30.1 Å². The first-order valence-corrected chi connectivity index (χ1v) is 6.23. The van der Waals surface area contributed by atoms with Gasteiger partial charge in [0.1, 0.15) is 5.56 Å². The van der Waals surface area contributed by atoms with E-state index in [9.17, 15) is 14.9 Å². The molecule has 0 heterocycles. The summed E-state index contributed by atoms with van der Waals surface area (Å²) in [7, 11) is 1.68. The van der Waals surface area contributed by atoms with Gasteiger partial charge in [-0.1, -0.05) is 0 Å². The number of amides is 1. The van der Waals surface area contributed by atoms with Crippen molar-refractivity contribution in [2.75, 3.05) is 12.8 Å². The largest absolute Gasteiger partial charge is 0.399 e. The molecule has 0 bridgehead atoms. The second kappa shape index (κ2) is 4.87. The Morgan fingerprint density at radius 2 is 2.16 bits per heavy atom. The molecular formula is C13H17N3O3. The number of hydrogen-bond donors (Lipinski definition) is 1. The molecule has 1 aromatic rings. The van der Waals surface area contributed by atoms with E-state index in [1.165, 1.54) is 18.2 Å². The lowest BCUT2D eigenvalue weighted by atomic mass is 10.1. The van der Waals surface area contributed by atoms with Crippen LogP contribution in [0, 0.1) is 16.0 Å². The zero-order valence-corrected chi connectivity index (χ0v) is 11.0. The lowest BCUT2D eigenvalue weighted by Gasteiger charge is -2.24. The molecular weight excluding hydrogens is 246 g/mol. The van der Waals surface area contributed by atoms with Crippen molar-refractivity contribution in [3.05, 3.63) is 33.9 Å². The highest BCUT2D eigenvalue weighted by molar-refractivity contribution is 5.99. The number of nitro benzene ring substituents is 1. The first-order valence-electron chi connectivity index (χ1n) is 6.23. The van der Waals surface area contributed by atoms with Gasteiger partial charge in [-0.05, 0) is 37.8 Å². The number of anilines is 1. The molecule has 1 aliphatic rings. The number of nitrogens with two attached hydrogens (primary N) is 1. The smallest absolute Gasteiger partial charge is 0.282 e. The molecule has 1 saturated carbocycles. The molecule has 19 heavy (non-hydrogen) atoms. The highest BCUT2D eigenvalue weighted by atomic mass is 16.6. The van der Waals surface area contributed by atoms with Crippen LogP contribution in [-0.4, -0.2) is 28.8 Å². The van der Waals surface area contributed by atoms with E-state index in [1.54, 1.807) is 11.9 Å². The van der Waals surface area contributed by atoms with Crippen LogP contribution in [0.5, 0.6) is 0 Å². The summed E-state index contributed by atoms with van der Waals surface area (Å²) in [5, 5.41) is 11.0. The van der Waals surface area contributed by atoms with Crippen molar-refractivity contribution in [1.29, 1.82) is 0 Å². The van der Waals surface area contributed by atoms with Crippen molar-refractivity contribution in [2.45, 2.75) is 25.8 Å². The zero-order chi connectivity index (χ0) is 14.2. The van der Waals surface area contributed by atoms with Crippen molar-refractivity contribution < 1.29 is 9.72 Å². The molecule has 1 unspecified atom stereocenters. The second-order valence-electron chi connectivity index (χ2n) is 5.03. The fraction of sp³-hybridized carbons (Fsp3) is 0.462. The van der Waals surface area contributed by atoms with Crippen LogP contribution in [0.15, 0.2) is 18.2 Å². The Morgan fingerprint density at radius 3 is 2.68 bits per heavy atom. The molecule has 0 saturated heterocycles. The van der Waals surface area contributed by atoms with Gasteiger partial charge in [0.15, 0.2) is 0 Å². The van der Waals surface area contributed by atoms with Gasteiger partial charge in [0, 0.05) is 24.8 Å². The van der Waals surface area contributed by atoms with E-state index in [0.717, 1.165) is 12.8 Å². The van der Waals surface area contributed by atoms with Gasteiger partial charge in [-0.2, -0.15) is 0 Å². The van der Waals surface area contributed by atoms with Gasteiger partial charge in [-0.15, -0.1) is 0 Å². The van der Waals surface area contributed by atoms with Crippen LogP contribution < -0.4 is 5.73 Å². The van der Waals surface area contributed by atoms with Crippen LogP contribution in [-0.2, 0) is 0 Å². The van der Waals surface area contributed by atoms with Crippen molar-refractivity contribution >= 4 is 17.3 Å². The van der Waals surface area contributed by atoms with Gasteiger partial charge >= 0.3 is 0 Å². The van der Waals surface area contributed by atoms with Crippen LogP contribution in [0.25, 0.3) is 0 Å². The maximum Gasteiger partial charge on any atom is 0.282 e. The molecule has 0 spiro atoms. The second-order valence-corrected chi connectivity index (χ2v) is 5.03. The van der Waals surface area contributed by atoms with Gasteiger partial charge in [-0.25, -0.2) is 0 Å². The Hall–Kier alpha value is -2.11. The molecule has 1 amide bonds. The van der Waals surface area contributed by atoms with Crippen molar-refractivity contribution in [3.63, 3.8) is 0 Å². The molecule has 6 nitrogen and oxygen atoms in total. The lowest BCUT2D eigenvalue weighted by Crippen LogP contribution is -2.36. The maximum atomic E-state index is 12.4. The summed E-state index contributed by atoms with van der Waals surface area (Å²) >= 11 is 0. The fourth-order valence-electron chi connectivity index (χ4n) is 2.15. The predicted octanol–water partition coefficient (Wildman–Crippen LogP) is 2.05. The number of nitrogen functional groups attached to an aromatic ring is 1. The standard InChI is InChI=1S/C13H17N3O3/c1-8(9-3-4-9)15(2)13(17)11-7-10(14)5-6-12(11)16(18)19/h5-9H,3-4,14H2,1-2H3. The number of carbonyl (C=O) groups excluding carboxylic acids is 1. The minimum atomic E-state index is -0.553. The third-order valence-electron chi connectivity index (χ3n) is 3.68. The minimum absolute atomic E-state index is 0.0556. The Labute approximate surface area is 111 Å². The molecule has 6 heteroatoms. The molecule has 2 rings (SSSR count). The summed E-state index contributed by atoms with van der Waals surface area (Å²) in [6.45, 7) is 1.97. The highest BCUT2D eigenvalue weighted by Crippen LogP contribution is 2.35. The summed E-state index contributed by atoms with van der Waals surface area (Å²) in [6.07, 6.45) is 2.22. The highest BCUT2D eigenvalue weighted by Gasteiger charge is 2.34. The molecule has 2 N–H and O–H groups in total. The molecule has 1 aromatic carbocycles. The lowest BCUT2D eigenvalue weighted by molar-refractivity contribution is -0.385. The first-order chi connectivity index (χ1) is 8.91. The molecule has 0 radical (unpaired) electrons. The minimum Gasteiger partial charge on any atom is -0.399 e. The summed E-state index contributed by atoms with van der Waals surface area (Å²) < 4.78 is 0. The average molecular weight is 263 g/mol. The Bertz CT molecular complexity index is 526. The van der Waals surface area contributed by atoms with E-state index in [2.05, 4.69) is 0 Å². The van der Waals surface area contributed by atoms with Crippen LogP contribution in [0.2, 0.25) is 0 Å². The molecule has 1 fully saturated rings. The molecule has 102 valence electrons. The maximum absolute atomic E-state index is 12.4. The monoisotopic (exact) mass is 263 g/mol. The molecule has 1 aliphatic carbocycles. The number of nitro groups is 1. The SMILES string of the molecule is CC(C1CC1)N(C)C(=O)c1cc(N)ccc1[N+](=O)[O-]. The Morgan fingerprint density at radius 1 is 1.53 bits per heavy atom. The van der Waals surface area contributed by atoms with Crippen molar-refractivity contribution in [1.82, 2.24) is 4.90 Å². The number of nitrogens with zero attached hydrogens (tertiary/aromatic N) is 2. The van der Waals surface area contributed by atoms with E-state index >= 15 is 0 Å². The zero-order valence-electron chi connectivity index (χ0n) is 11.0. The van der Waals surface area contributed by atoms with E-state index in [4.69, 9.17) is 5.73 Å². The number of carbonyl (C=O) groups is 1. The quantitative estimate of drug-likeness (QED) is 0.511. The fourth-order valence-corrected chi connectivity index (χ4v) is 2.15. The van der Waals surface area contributed by atoms with Gasteiger partial charge in [0.05, 0.1) is 4.92 Å². The van der Waals surface area contributed by atoms with Crippen molar-refractivity contribution in [3.8, 4) is 0 Å². The number of benzene rings is 1. The van der Waals surface area contributed by atoms with E-state index in [0.29, 0.717) is 11.6 Å². The van der Waals surface area contributed by atoms with Crippen molar-refractivity contribution in [2.24, 2.45) is 5.92 Å².